The molecule has 2 N–H and O–H groups in total. The second kappa shape index (κ2) is 11.0. The van der Waals surface area contributed by atoms with Gasteiger partial charge in [-0.2, -0.15) is 5.26 Å². The van der Waals surface area contributed by atoms with Crippen molar-refractivity contribution in [1.29, 1.82) is 5.26 Å². The van der Waals surface area contributed by atoms with Gasteiger partial charge in [-0.25, -0.2) is 9.59 Å². The van der Waals surface area contributed by atoms with Gasteiger partial charge in [0.2, 0.25) is 0 Å². The van der Waals surface area contributed by atoms with E-state index in [0.717, 1.165) is 25.7 Å². The van der Waals surface area contributed by atoms with Gasteiger partial charge in [0.05, 0.1) is 34.6 Å². The highest BCUT2D eigenvalue weighted by molar-refractivity contribution is 6.32. The summed E-state index contributed by atoms with van der Waals surface area (Å²) >= 11 is 6.06. The zero-order valence-corrected chi connectivity index (χ0v) is 23.0. The Labute approximate surface area is 240 Å². The smallest absolute Gasteiger partial charge is 0.331 e. The van der Waals surface area contributed by atoms with E-state index in [1.807, 2.05) is 6.07 Å². The fourth-order valence-electron chi connectivity index (χ4n) is 5.06. The Morgan fingerprint density at radius 3 is 2.34 bits per heavy atom. The maximum absolute atomic E-state index is 13.4. The van der Waals surface area contributed by atoms with Gasteiger partial charge in [-0.05, 0) is 73.9 Å². The van der Waals surface area contributed by atoms with Crippen LogP contribution in [0.4, 0.5) is 16.2 Å². The molecule has 3 amide bonds. The number of benzene rings is 2. The van der Waals surface area contributed by atoms with Crippen LogP contribution in [0, 0.1) is 23.2 Å². The van der Waals surface area contributed by atoms with Gasteiger partial charge in [0.1, 0.15) is 6.07 Å². The third-order valence-corrected chi connectivity index (χ3v) is 8.07. The lowest BCUT2D eigenvalue weighted by Crippen LogP contribution is -2.51. The molecule has 1 saturated heterocycles. The Kier molecular flexibility index (Phi) is 7.28. The zero-order chi connectivity index (χ0) is 28.7. The van der Waals surface area contributed by atoms with Gasteiger partial charge in [-0.3, -0.25) is 18.7 Å². The molecule has 212 valence electrons. The van der Waals surface area contributed by atoms with Crippen LogP contribution in [0.25, 0.3) is 10.9 Å². The third kappa shape index (κ3) is 5.85. The van der Waals surface area contributed by atoms with Crippen molar-refractivity contribution in [2.45, 2.75) is 44.9 Å². The minimum absolute atomic E-state index is 0.0182. The van der Waals surface area contributed by atoms with Crippen molar-refractivity contribution in [1.82, 2.24) is 14.0 Å². The molecule has 2 aromatic carbocycles. The van der Waals surface area contributed by atoms with E-state index in [1.165, 1.54) is 21.6 Å². The average Bonchev–Trinajstić information content (AvgIpc) is 3.90. The molecule has 11 nitrogen and oxygen atoms in total. The van der Waals surface area contributed by atoms with Crippen LogP contribution < -0.4 is 21.9 Å². The van der Waals surface area contributed by atoms with E-state index in [4.69, 9.17) is 21.6 Å². The minimum Gasteiger partial charge on any atom is -0.365 e. The van der Waals surface area contributed by atoms with Crippen molar-refractivity contribution in [3.8, 4) is 6.07 Å². The van der Waals surface area contributed by atoms with Gasteiger partial charge < -0.3 is 20.3 Å². The number of aromatic nitrogens is 2. The van der Waals surface area contributed by atoms with Gasteiger partial charge in [0.25, 0.3) is 11.5 Å². The van der Waals surface area contributed by atoms with Crippen LogP contribution in [-0.4, -0.2) is 51.8 Å². The van der Waals surface area contributed by atoms with E-state index >= 15 is 0 Å². The maximum Gasteiger partial charge on any atom is 0.331 e. The van der Waals surface area contributed by atoms with Crippen LogP contribution in [-0.2, 0) is 22.6 Å². The number of amides is 3. The van der Waals surface area contributed by atoms with E-state index in [2.05, 4.69) is 10.6 Å². The monoisotopic (exact) mass is 576 g/mol. The van der Waals surface area contributed by atoms with Crippen LogP contribution in [0.15, 0.2) is 46.0 Å². The Balaban J connectivity index is 1.18. The number of nitrogens with one attached hydrogen (secondary N) is 2. The van der Waals surface area contributed by atoms with Gasteiger partial charge in [0.15, 0.2) is 6.10 Å². The van der Waals surface area contributed by atoms with Crippen LogP contribution in [0.5, 0.6) is 0 Å². The number of hydrogen-bond acceptors (Lipinski definition) is 6. The highest BCUT2D eigenvalue weighted by Gasteiger charge is 2.30. The molecule has 2 aliphatic carbocycles. The average molecular weight is 577 g/mol. The van der Waals surface area contributed by atoms with Crippen molar-refractivity contribution in [3.05, 3.63) is 67.8 Å². The number of fused-ring (bicyclic) bond motifs is 1. The van der Waals surface area contributed by atoms with Crippen LogP contribution in [0.3, 0.4) is 0 Å². The van der Waals surface area contributed by atoms with E-state index in [0.29, 0.717) is 52.8 Å². The standard InChI is InChI=1S/C29H29ClN6O5/c30-23-12-21(6-5-19(23)13-31)32-26(37)25-16-34(9-10-41-25)28(39)33-20-7-8-24-22(11-20)27(38)36(15-18-3-4-18)29(40)35(24)14-17-1-2-17/h5-8,11-12,17-18,25H,1-4,9-10,14-16H2,(H,32,37)(H,33,39). The summed E-state index contributed by atoms with van der Waals surface area (Å²) in [6.45, 7) is 1.46. The molecule has 0 bridgehead atoms. The first-order valence-corrected chi connectivity index (χ1v) is 14.1. The number of nitrogens with zero attached hydrogens (tertiary/aromatic N) is 4. The predicted octanol–water partition coefficient (Wildman–Crippen LogP) is 3.38. The Bertz CT molecular complexity index is 1700. The summed E-state index contributed by atoms with van der Waals surface area (Å²) in [6.07, 6.45) is 3.27. The molecule has 6 rings (SSSR count). The summed E-state index contributed by atoms with van der Waals surface area (Å²) in [5.41, 5.74) is 1.10. The van der Waals surface area contributed by atoms with Gasteiger partial charge in [0, 0.05) is 31.0 Å². The molecule has 3 aromatic rings. The zero-order valence-electron chi connectivity index (χ0n) is 22.3. The first-order chi connectivity index (χ1) is 19.8. The Morgan fingerprint density at radius 2 is 1.66 bits per heavy atom. The largest absolute Gasteiger partial charge is 0.365 e. The molecular weight excluding hydrogens is 548 g/mol. The third-order valence-electron chi connectivity index (χ3n) is 7.75. The molecule has 1 aliphatic heterocycles. The van der Waals surface area contributed by atoms with E-state index in [1.54, 1.807) is 28.8 Å². The molecule has 3 aliphatic rings. The number of hydrogen-bond donors (Lipinski definition) is 2. The fourth-order valence-corrected chi connectivity index (χ4v) is 5.28. The number of ether oxygens (including phenoxy) is 1. The highest BCUT2D eigenvalue weighted by Crippen LogP contribution is 2.32. The second-order valence-electron chi connectivity index (χ2n) is 11.0. The van der Waals surface area contributed by atoms with Gasteiger partial charge >= 0.3 is 11.7 Å². The summed E-state index contributed by atoms with van der Waals surface area (Å²) in [6, 6.07) is 11.1. The van der Waals surface area contributed by atoms with Crippen LogP contribution in [0.1, 0.15) is 31.2 Å². The number of halogens is 1. The summed E-state index contributed by atoms with van der Waals surface area (Å²) in [5.74, 6) is 0.358. The van der Waals surface area contributed by atoms with E-state index in [-0.39, 0.29) is 36.0 Å². The minimum atomic E-state index is -0.910. The molecule has 41 heavy (non-hydrogen) atoms. The molecule has 1 atom stereocenters. The molecule has 3 fully saturated rings. The number of anilines is 2. The van der Waals surface area contributed by atoms with Crippen molar-refractivity contribution in [2.24, 2.45) is 11.8 Å². The number of urea groups is 1. The Hall–Kier alpha value is -4.14. The number of carbonyl (C=O) groups is 2. The maximum atomic E-state index is 13.4. The SMILES string of the molecule is N#Cc1ccc(NC(=O)C2CN(C(=O)Nc3ccc4c(c3)c(=O)n(CC3CC3)c(=O)n4CC3CC3)CCO2)cc1Cl. The number of rotatable bonds is 7. The first-order valence-electron chi connectivity index (χ1n) is 13.8. The lowest BCUT2D eigenvalue weighted by Gasteiger charge is -2.32. The first kappa shape index (κ1) is 27.1. The van der Waals surface area contributed by atoms with Crippen LogP contribution in [0.2, 0.25) is 5.02 Å². The van der Waals surface area contributed by atoms with Gasteiger partial charge in [-0.15, -0.1) is 0 Å². The summed E-state index contributed by atoms with van der Waals surface area (Å²) in [7, 11) is 0. The molecule has 0 radical (unpaired) electrons. The van der Waals surface area contributed by atoms with Gasteiger partial charge in [-0.1, -0.05) is 11.6 Å². The molecule has 1 unspecified atom stereocenters. The quantitative estimate of drug-likeness (QED) is 0.442. The number of nitriles is 1. The molecule has 1 aromatic heterocycles. The molecule has 0 spiro atoms. The topological polar surface area (TPSA) is 138 Å². The number of morpholine rings is 1. The van der Waals surface area contributed by atoms with Crippen molar-refractivity contribution in [3.63, 3.8) is 0 Å². The predicted molar refractivity (Wildman–Crippen MR) is 153 cm³/mol. The molecule has 12 heteroatoms. The lowest BCUT2D eigenvalue weighted by atomic mass is 10.2. The fraction of sp³-hybridized carbons (Fsp3) is 0.414. The van der Waals surface area contributed by atoms with Crippen molar-refractivity contribution < 1.29 is 14.3 Å². The normalized spacial score (nSPS) is 18.6. The lowest BCUT2D eigenvalue weighted by molar-refractivity contribution is -0.131. The Morgan fingerprint density at radius 1 is 0.976 bits per heavy atom. The second-order valence-corrected chi connectivity index (χ2v) is 11.4. The molecule has 2 heterocycles. The van der Waals surface area contributed by atoms with Crippen molar-refractivity contribution >= 4 is 45.8 Å². The summed E-state index contributed by atoms with van der Waals surface area (Å²) < 4.78 is 8.66. The van der Waals surface area contributed by atoms with E-state index < -0.39 is 18.0 Å². The molecule has 2 saturated carbocycles. The molecular formula is C29H29ClN6O5. The summed E-state index contributed by atoms with van der Waals surface area (Å²) in [4.78, 5) is 54.1. The van der Waals surface area contributed by atoms with Crippen LogP contribution >= 0.6 is 11.6 Å². The highest BCUT2D eigenvalue weighted by atomic mass is 35.5. The summed E-state index contributed by atoms with van der Waals surface area (Å²) in [5, 5.41) is 15.2. The van der Waals surface area contributed by atoms with Crippen molar-refractivity contribution in [2.75, 3.05) is 30.3 Å². The van der Waals surface area contributed by atoms with E-state index in [9.17, 15) is 19.2 Å². The number of carbonyl (C=O) groups excluding carboxylic acids is 2.